The zero-order chi connectivity index (χ0) is 50.9. The molecular formula is C49H73N7O12. The van der Waals surface area contributed by atoms with Gasteiger partial charge >= 0.3 is 18.2 Å². The number of aliphatic carboxylic acids is 1. The number of aromatic hydroxyl groups is 1. The lowest BCUT2D eigenvalue weighted by Gasteiger charge is -2.31. The Morgan fingerprint density at radius 3 is 1.81 bits per heavy atom. The molecule has 0 radical (unpaired) electrons. The fourth-order valence-electron chi connectivity index (χ4n) is 7.44. The number of hydrogen-bond donors (Lipinski definition) is 8. The van der Waals surface area contributed by atoms with E-state index in [1.165, 1.54) is 17.0 Å². The smallest absolute Gasteiger partial charge is 0.408 e. The minimum absolute atomic E-state index is 0.0291. The van der Waals surface area contributed by atoms with Crippen molar-refractivity contribution in [3.63, 3.8) is 0 Å². The molecule has 7 amide bonds. The first-order valence-corrected chi connectivity index (χ1v) is 23.3. The molecule has 3 rings (SSSR count). The predicted molar refractivity (Wildman–Crippen MR) is 253 cm³/mol. The quantitative estimate of drug-likeness (QED) is 0.0776. The van der Waals surface area contributed by atoms with E-state index in [2.05, 4.69) is 31.9 Å². The van der Waals surface area contributed by atoms with Crippen molar-refractivity contribution in [3.05, 3.63) is 65.7 Å². The Morgan fingerprint density at radius 1 is 0.676 bits per heavy atom. The molecule has 68 heavy (non-hydrogen) atoms. The third-order valence-electron chi connectivity index (χ3n) is 10.7. The van der Waals surface area contributed by atoms with Crippen LogP contribution in [0.3, 0.4) is 0 Å². The van der Waals surface area contributed by atoms with Gasteiger partial charge in [-0.25, -0.2) is 14.4 Å². The first kappa shape index (κ1) is 55.9. The number of carbonyl (C=O) groups is 8. The summed E-state index contributed by atoms with van der Waals surface area (Å²) in [6, 6.07) is 7.77. The molecule has 1 aliphatic rings. The molecule has 1 fully saturated rings. The fourth-order valence-corrected chi connectivity index (χ4v) is 7.44. The van der Waals surface area contributed by atoms with E-state index in [4.69, 9.17) is 9.47 Å². The monoisotopic (exact) mass is 952 g/mol. The van der Waals surface area contributed by atoms with Gasteiger partial charge in [0.05, 0.1) is 0 Å². The molecular weight excluding hydrogens is 879 g/mol. The molecule has 1 saturated heterocycles. The highest BCUT2D eigenvalue weighted by Gasteiger charge is 2.40. The average molecular weight is 952 g/mol. The highest BCUT2D eigenvalue weighted by Crippen LogP contribution is 2.22. The third kappa shape index (κ3) is 19.4. The summed E-state index contributed by atoms with van der Waals surface area (Å²) in [6.07, 6.45) is -0.513. The Morgan fingerprint density at radius 2 is 1.24 bits per heavy atom. The SMILES string of the molecule is CC(C)C[C@H](NC(=O)[C@H](CCCNC(=O)OC(C)(C)C)NC(=O)[C@@H](NC(=O)[C@@H](Cc1ccc(O)cc1)NC(=O)[C@@H]1CCCN1C(=O)[C@@H](Cc1ccccc1)NC(=O)OC(C)(C)C)C(C)C)C(=O)O. The van der Waals surface area contributed by atoms with E-state index < -0.39 is 101 Å². The maximum atomic E-state index is 14.4. The fraction of sp³-hybridized carbons (Fsp3) is 0.592. The molecule has 0 spiro atoms. The number of phenols is 1. The number of carboxylic acids is 1. The highest BCUT2D eigenvalue weighted by molar-refractivity contribution is 5.97. The number of nitrogens with zero attached hydrogens (tertiary/aromatic N) is 1. The minimum atomic E-state index is -1.32. The molecule has 0 saturated carbocycles. The highest BCUT2D eigenvalue weighted by atomic mass is 16.6. The van der Waals surface area contributed by atoms with Gasteiger partial charge in [-0.1, -0.05) is 70.2 Å². The van der Waals surface area contributed by atoms with Gasteiger partial charge in [0.25, 0.3) is 0 Å². The van der Waals surface area contributed by atoms with E-state index in [9.17, 15) is 48.6 Å². The molecule has 2 aromatic carbocycles. The van der Waals surface area contributed by atoms with E-state index in [1.54, 1.807) is 93.5 Å². The van der Waals surface area contributed by atoms with Crippen molar-refractivity contribution in [2.75, 3.05) is 13.1 Å². The van der Waals surface area contributed by atoms with Gasteiger partial charge in [-0.2, -0.15) is 0 Å². The van der Waals surface area contributed by atoms with Gasteiger partial charge in [-0.15, -0.1) is 0 Å². The second-order valence-corrected chi connectivity index (χ2v) is 19.9. The van der Waals surface area contributed by atoms with Crippen LogP contribution < -0.4 is 31.9 Å². The van der Waals surface area contributed by atoms with Crippen molar-refractivity contribution in [1.82, 2.24) is 36.8 Å². The molecule has 1 aliphatic heterocycles. The number of hydrogen-bond acceptors (Lipinski definition) is 11. The van der Waals surface area contributed by atoms with Crippen molar-refractivity contribution in [3.8, 4) is 5.75 Å². The number of benzene rings is 2. The first-order chi connectivity index (χ1) is 31.7. The van der Waals surface area contributed by atoms with Crippen molar-refractivity contribution in [2.24, 2.45) is 11.8 Å². The van der Waals surface area contributed by atoms with Crippen LogP contribution in [0, 0.1) is 11.8 Å². The lowest BCUT2D eigenvalue weighted by Crippen LogP contribution is -2.60. The van der Waals surface area contributed by atoms with Crippen molar-refractivity contribution >= 4 is 47.7 Å². The van der Waals surface area contributed by atoms with Gasteiger partial charge in [-0.05, 0) is 109 Å². The Labute approximate surface area is 399 Å². The average Bonchev–Trinajstić information content (AvgIpc) is 3.72. The van der Waals surface area contributed by atoms with Gasteiger partial charge in [0.15, 0.2) is 0 Å². The van der Waals surface area contributed by atoms with Gasteiger partial charge < -0.3 is 56.5 Å². The normalized spacial score (nSPS) is 16.1. The Bertz CT molecular complexity index is 2030. The van der Waals surface area contributed by atoms with E-state index >= 15 is 0 Å². The molecule has 8 N–H and O–H groups in total. The predicted octanol–water partition coefficient (Wildman–Crippen LogP) is 4.09. The number of alkyl carbamates (subject to hydrolysis) is 2. The van der Waals surface area contributed by atoms with Gasteiger partial charge in [0, 0.05) is 25.9 Å². The van der Waals surface area contributed by atoms with Crippen LogP contribution in [0.15, 0.2) is 54.6 Å². The van der Waals surface area contributed by atoms with Crippen LogP contribution in [0.2, 0.25) is 0 Å². The summed E-state index contributed by atoms with van der Waals surface area (Å²) in [5.41, 5.74) is -0.298. The molecule has 19 heteroatoms. The molecule has 0 unspecified atom stereocenters. The van der Waals surface area contributed by atoms with E-state index in [0.717, 1.165) is 5.56 Å². The lowest BCUT2D eigenvalue weighted by atomic mass is 9.99. The Hall–Kier alpha value is -6.40. The second-order valence-electron chi connectivity index (χ2n) is 19.9. The maximum absolute atomic E-state index is 14.4. The van der Waals surface area contributed by atoms with Crippen LogP contribution in [-0.4, -0.2) is 123 Å². The zero-order valence-electron chi connectivity index (χ0n) is 41.1. The van der Waals surface area contributed by atoms with Crippen LogP contribution in [-0.2, 0) is 51.1 Å². The number of carboxylic acid groups (broad SMARTS) is 1. The lowest BCUT2D eigenvalue weighted by molar-refractivity contribution is -0.143. The Kier molecular flexibility index (Phi) is 21.1. The maximum Gasteiger partial charge on any atom is 0.408 e. The number of rotatable bonds is 22. The second kappa shape index (κ2) is 25.7. The van der Waals surface area contributed by atoms with Crippen LogP contribution in [0.5, 0.6) is 5.75 Å². The number of carbonyl (C=O) groups excluding carboxylic acids is 7. The van der Waals surface area contributed by atoms with Crippen molar-refractivity contribution in [1.29, 1.82) is 0 Å². The number of nitrogens with one attached hydrogen (secondary N) is 6. The summed E-state index contributed by atoms with van der Waals surface area (Å²) in [7, 11) is 0. The van der Waals surface area contributed by atoms with E-state index in [-0.39, 0.29) is 63.3 Å². The van der Waals surface area contributed by atoms with E-state index in [0.29, 0.717) is 12.0 Å². The molecule has 2 aromatic rings. The first-order valence-electron chi connectivity index (χ1n) is 23.3. The molecule has 0 aliphatic carbocycles. The van der Waals surface area contributed by atoms with Gasteiger partial charge in [-0.3, -0.25) is 24.0 Å². The molecule has 0 aromatic heterocycles. The summed E-state index contributed by atoms with van der Waals surface area (Å²) in [5.74, 6) is -5.44. The van der Waals surface area contributed by atoms with Crippen LogP contribution in [0.25, 0.3) is 0 Å². The van der Waals surface area contributed by atoms with Crippen LogP contribution in [0.4, 0.5) is 9.59 Å². The summed E-state index contributed by atoms with van der Waals surface area (Å²) in [5, 5.41) is 35.8. The molecule has 0 bridgehead atoms. The number of amides is 7. The largest absolute Gasteiger partial charge is 0.508 e. The number of ether oxygens (including phenoxy) is 2. The van der Waals surface area contributed by atoms with Gasteiger partial charge in [0.2, 0.25) is 29.5 Å². The number of likely N-dealkylation sites (tertiary alicyclic amines) is 1. The molecule has 376 valence electrons. The summed E-state index contributed by atoms with van der Waals surface area (Å²) < 4.78 is 10.7. The van der Waals surface area contributed by atoms with Crippen LogP contribution >= 0.6 is 0 Å². The van der Waals surface area contributed by atoms with E-state index in [1.807, 2.05) is 18.2 Å². The summed E-state index contributed by atoms with van der Waals surface area (Å²) in [4.78, 5) is 109. The summed E-state index contributed by atoms with van der Waals surface area (Å²) >= 11 is 0. The molecule has 6 atom stereocenters. The van der Waals surface area contributed by atoms with Crippen molar-refractivity contribution < 1.29 is 58.0 Å². The van der Waals surface area contributed by atoms with Gasteiger partial charge in [0.1, 0.15) is 53.2 Å². The van der Waals surface area contributed by atoms with Crippen LogP contribution in [0.1, 0.15) is 112 Å². The number of phenolic OH excluding ortho intramolecular Hbond substituents is 1. The Balaban J connectivity index is 1.88. The van der Waals surface area contributed by atoms with Crippen molar-refractivity contribution in [2.45, 2.75) is 162 Å². The topological polar surface area (TPSA) is 271 Å². The third-order valence-corrected chi connectivity index (χ3v) is 10.7. The zero-order valence-corrected chi connectivity index (χ0v) is 41.1. The molecule has 1 heterocycles. The standard InChI is InChI=1S/C49H73N7O12/c1-29(2)26-37(45(63)64)53-40(58)34(18-14-24-50-46(65)67-48(5,6)7)51-43(61)39(30(3)4)55-41(59)35(27-32-20-22-33(57)23-21-32)52-42(60)38-19-15-25-56(38)44(62)36(28-31-16-12-11-13-17-31)54-47(66)68-49(8,9)10/h11-13,16-17,20-23,29-30,34-39,57H,14-15,18-19,24-28H2,1-10H3,(H,50,65)(H,51,61)(H,52,60)(H,53,58)(H,54,66)(H,55,59)(H,63,64)/t34-,35+,36+,37-,38-,39-/m0/s1. The molecule has 19 nitrogen and oxygen atoms in total. The summed E-state index contributed by atoms with van der Waals surface area (Å²) in [6.45, 7) is 17.4. The minimum Gasteiger partial charge on any atom is -0.508 e.